The van der Waals surface area contributed by atoms with Gasteiger partial charge in [0.05, 0.1) is 0 Å². The zero-order valence-electron chi connectivity index (χ0n) is 10.3. The van der Waals surface area contributed by atoms with Crippen molar-refractivity contribution in [3.63, 3.8) is 0 Å². The van der Waals surface area contributed by atoms with E-state index in [1.165, 1.54) is 25.0 Å². The molecule has 92 valence electrons. The van der Waals surface area contributed by atoms with E-state index in [4.69, 9.17) is 0 Å². The number of Topliss-reactive ketones (excluding diaryl/α,β-unsaturated/α-hetero) is 1. The van der Waals surface area contributed by atoms with Crippen molar-refractivity contribution in [1.29, 1.82) is 0 Å². The van der Waals surface area contributed by atoms with Gasteiger partial charge in [-0.05, 0) is 36.5 Å². The number of hydrogen-bond donors (Lipinski definition) is 0. The number of rotatable bonds is 3. The van der Waals surface area contributed by atoms with Gasteiger partial charge in [0, 0.05) is 12.3 Å². The Balaban J connectivity index is 1.94. The fourth-order valence-electron chi connectivity index (χ4n) is 2.67. The highest BCUT2D eigenvalue weighted by atomic mass is 19.1. The first-order chi connectivity index (χ1) is 8.15. The van der Waals surface area contributed by atoms with Crippen molar-refractivity contribution < 1.29 is 9.18 Å². The van der Waals surface area contributed by atoms with Crippen LogP contribution >= 0.6 is 0 Å². The van der Waals surface area contributed by atoms with E-state index < -0.39 is 0 Å². The molecule has 0 spiro atoms. The molecule has 2 atom stereocenters. The monoisotopic (exact) mass is 234 g/mol. The average molecular weight is 234 g/mol. The summed E-state index contributed by atoms with van der Waals surface area (Å²) in [6.07, 6.45) is 4.93. The molecule has 0 aliphatic heterocycles. The second-order valence-corrected chi connectivity index (χ2v) is 5.24. The lowest BCUT2D eigenvalue weighted by Crippen LogP contribution is -2.23. The fraction of sp³-hybridized carbons (Fsp3) is 0.533. The molecule has 17 heavy (non-hydrogen) atoms. The Morgan fingerprint density at radius 2 is 2.00 bits per heavy atom. The van der Waals surface area contributed by atoms with Crippen molar-refractivity contribution in [3.8, 4) is 0 Å². The SMILES string of the molecule is CC1CCCC(C(=O)Cc2ccc(F)cc2)C1. The van der Waals surface area contributed by atoms with Crippen molar-refractivity contribution in [2.24, 2.45) is 11.8 Å². The Bertz CT molecular complexity index is 382. The summed E-state index contributed by atoms with van der Waals surface area (Å²) in [7, 11) is 0. The zero-order valence-corrected chi connectivity index (χ0v) is 10.3. The molecule has 1 aliphatic rings. The van der Waals surface area contributed by atoms with Crippen LogP contribution in [0.2, 0.25) is 0 Å². The standard InChI is InChI=1S/C15H19FO/c1-11-3-2-4-13(9-11)15(17)10-12-5-7-14(16)8-6-12/h5-8,11,13H,2-4,9-10H2,1H3. The van der Waals surface area contributed by atoms with Gasteiger partial charge in [0.1, 0.15) is 11.6 Å². The minimum absolute atomic E-state index is 0.226. The highest BCUT2D eigenvalue weighted by molar-refractivity contribution is 5.83. The summed E-state index contributed by atoms with van der Waals surface area (Å²) >= 11 is 0. The maximum absolute atomic E-state index is 12.7. The predicted octanol–water partition coefficient (Wildman–Crippen LogP) is 3.76. The molecule has 1 aromatic rings. The van der Waals surface area contributed by atoms with E-state index in [9.17, 15) is 9.18 Å². The molecule has 1 saturated carbocycles. The number of halogens is 1. The normalized spacial score (nSPS) is 24.6. The van der Waals surface area contributed by atoms with E-state index in [-0.39, 0.29) is 11.7 Å². The van der Waals surface area contributed by atoms with E-state index in [1.54, 1.807) is 12.1 Å². The first-order valence-electron chi connectivity index (χ1n) is 6.42. The molecular formula is C15H19FO. The van der Waals surface area contributed by atoms with Crippen LogP contribution in [0.5, 0.6) is 0 Å². The topological polar surface area (TPSA) is 17.1 Å². The van der Waals surface area contributed by atoms with Crippen molar-refractivity contribution in [2.45, 2.75) is 39.0 Å². The Hall–Kier alpha value is -1.18. The summed E-state index contributed by atoms with van der Waals surface area (Å²) in [6, 6.07) is 6.26. The van der Waals surface area contributed by atoms with Gasteiger partial charge in [0.25, 0.3) is 0 Å². The third kappa shape index (κ3) is 3.39. The third-order valence-electron chi connectivity index (χ3n) is 3.68. The van der Waals surface area contributed by atoms with Crippen molar-refractivity contribution >= 4 is 5.78 Å². The molecule has 0 aromatic heterocycles. The molecule has 2 unspecified atom stereocenters. The number of ketones is 1. The first-order valence-corrected chi connectivity index (χ1v) is 6.42. The number of carbonyl (C=O) groups is 1. The van der Waals surface area contributed by atoms with E-state index in [0.717, 1.165) is 18.4 Å². The molecule has 1 aromatic carbocycles. The molecule has 1 fully saturated rings. The molecule has 2 heteroatoms. The zero-order chi connectivity index (χ0) is 12.3. The highest BCUT2D eigenvalue weighted by Crippen LogP contribution is 2.29. The van der Waals surface area contributed by atoms with Gasteiger partial charge in [-0.1, -0.05) is 31.9 Å². The fourth-order valence-corrected chi connectivity index (χ4v) is 2.67. The van der Waals surface area contributed by atoms with Crippen LogP contribution < -0.4 is 0 Å². The van der Waals surface area contributed by atoms with Crippen LogP contribution in [0, 0.1) is 17.7 Å². The summed E-state index contributed by atoms with van der Waals surface area (Å²) in [5, 5.41) is 0. The molecule has 0 saturated heterocycles. The summed E-state index contributed by atoms with van der Waals surface area (Å²) in [6.45, 7) is 2.22. The van der Waals surface area contributed by atoms with Crippen LogP contribution in [0.25, 0.3) is 0 Å². The predicted molar refractivity (Wildman–Crippen MR) is 66.2 cm³/mol. The Kier molecular flexibility index (Phi) is 3.93. The van der Waals surface area contributed by atoms with Gasteiger partial charge in [-0.25, -0.2) is 4.39 Å². The first kappa shape index (κ1) is 12.3. The van der Waals surface area contributed by atoms with Gasteiger partial charge < -0.3 is 0 Å². The van der Waals surface area contributed by atoms with Crippen molar-refractivity contribution in [2.75, 3.05) is 0 Å². The summed E-state index contributed by atoms with van der Waals surface area (Å²) in [5.74, 6) is 0.977. The second kappa shape index (κ2) is 5.44. The molecule has 0 heterocycles. The van der Waals surface area contributed by atoms with Gasteiger partial charge >= 0.3 is 0 Å². The lowest BCUT2D eigenvalue weighted by molar-refractivity contribution is -0.123. The van der Waals surface area contributed by atoms with Crippen molar-refractivity contribution in [3.05, 3.63) is 35.6 Å². The smallest absolute Gasteiger partial charge is 0.140 e. The minimum Gasteiger partial charge on any atom is -0.299 e. The van der Waals surface area contributed by atoms with E-state index in [2.05, 4.69) is 6.92 Å². The largest absolute Gasteiger partial charge is 0.299 e. The maximum Gasteiger partial charge on any atom is 0.140 e. The molecular weight excluding hydrogens is 215 g/mol. The van der Waals surface area contributed by atoms with Crippen LogP contribution in [-0.2, 0) is 11.2 Å². The lowest BCUT2D eigenvalue weighted by atomic mass is 9.79. The summed E-state index contributed by atoms with van der Waals surface area (Å²) in [5.41, 5.74) is 0.926. The average Bonchev–Trinajstić information content (AvgIpc) is 2.32. The van der Waals surface area contributed by atoms with Crippen LogP contribution in [0.4, 0.5) is 4.39 Å². The van der Waals surface area contributed by atoms with Crippen LogP contribution in [-0.4, -0.2) is 5.78 Å². The second-order valence-electron chi connectivity index (χ2n) is 5.24. The van der Waals surface area contributed by atoms with Crippen molar-refractivity contribution in [1.82, 2.24) is 0 Å². The highest BCUT2D eigenvalue weighted by Gasteiger charge is 2.24. The van der Waals surface area contributed by atoms with Crippen LogP contribution in [0.3, 0.4) is 0 Å². The third-order valence-corrected chi connectivity index (χ3v) is 3.68. The number of benzene rings is 1. The Morgan fingerprint density at radius 3 is 2.65 bits per heavy atom. The Labute approximate surface area is 102 Å². The summed E-state index contributed by atoms with van der Waals surface area (Å²) in [4.78, 5) is 12.1. The molecule has 0 radical (unpaired) electrons. The molecule has 0 N–H and O–H groups in total. The summed E-state index contributed by atoms with van der Waals surface area (Å²) < 4.78 is 12.7. The van der Waals surface area contributed by atoms with E-state index in [0.29, 0.717) is 18.1 Å². The molecule has 2 rings (SSSR count). The Morgan fingerprint density at radius 1 is 1.29 bits per heavy atom. The lowest BCUT2D eigenvalue weighted by Gasteiger charge is -2.25. The van der Waals surface area contributed by atoms with Crippen LogP contribution in [0.15, 0.2) is 24.3 Å². The van der Waals surface area contributed by atoms with Gasteiger partial charge in [0.15, 0.2) is 0 Å². The molecule has 1 nitrogen and oxygen atoms in total. The number of carbonyl (C=O) groups excluding carboxylic acids is 1. The molecule has 0 amide bonds. The molecule has 0 bridgehead atoms. The molecule has 1 aliphatic carbocycles. The van der Waals surface area contributed by atoms with E-state index >= 15 is 0 Å². The maximum atomic E-state index is 12.7. The van der Waals surface area contributed by atoms with Gasteiger partial charge in [-0.15, -0.1) is 0 Å². The van der Waals surface area contributed by atoms with Gasteiger partial charge in [-0.3, -0.25) is 4.79 Å². The van der Waals surface area contributed by atoms with E-state index in [1.807, 2.05) is 0 Å². The minimum atomic E-state index is -0.243. The quantitative estimate of drug-likeness (QED) is 0.778. The van der Waals surface area contributed by atoms with Gasteiger partial charge in [-0.2, -0.15) is 0 Å². The van der Waals surface area contributed by atoms with Gasteiger partial charge in [0.2, 0.25) is 0 Å². The number of hydrogen-bond acceptors (Lipinski definition) is 1. The van der Waals surface area contributed by atoms with Crippen LogP contribution in [0.1, 0.15) is 38.2 Å².